The molecule has 1 aliphatic rings. The lowest BCUT2D eigenvalue weighted by Crippen LogP contribution is -2.49. The first kappa shape index (κ1) is 14.3. The van der Waals surface area contributed by atoms with E-state index in [9.17, 15) is 14.9 Å². The topological polar surface area (TPSA) is 106 Å². The lowest BCUT2D eigenvalue weighted by atomic mass is 10.1. The minimum absolute atomic E-state index is 0.0344. The predicted octanol–water partition coefficient (Wildman–Crippen LogP) is 0.708. The fourth-order valence-electron chi connectivity index (χ4n) is 2.56. The van der Waals surface area contributed by atoms with Crippen molar-refractivity contribution in [2.24, 2.45) is 7.05 Å². The maximum Gasteiger partial charge on any atom is 0.433 e. The Balaban J connectivity index is 1.88. The molecule has 0 spiro atoms. The third-order valence-electron chi connectivity index (χ3n) is 3.64. The van der Waals surface area contributed by atoms with E-state index in [1.165, 1.54) is 12.1 Å². The molecule has 1 fully saturated rings. The number of carbonyl (C=O) groups is 1. The number of rotatable bonds is 3. The summed E-state index contributed by atoms with van der Waals surface area (Å²) in [6.07, 6.45) is 3.48. The molecule has 9 heteroatoms. The third-order valence-corrected chi connectivity index (χ3v) is 3.64. The summed E-state index contributed by atoms with van der Waals surface area (Å²) in [6.45, 7) is 1.69. The number of nitro groups is 1. The van der Waals surface area contributed by atoms with E-state index in [1.807, 2.05) is 17.8 Å². The number of imidazole rings is 1. The monoisotopic (exact) mass is 305 g/mol. The second-order valence-corrected chi connectivity index (χ2v) is 5.01. The first-order chi connectivity index (χ1) is 10.6. The van der Waals surface area contributed by atoms with Crippen molar-refractivity contribution in [1.82, 2.24) is 19.8 Å². The van der Waals surface area contributed by atoms with Gasteiger partial charge in [-0.05, 0) is 6.07 Å². The molecule has 1 atom stereocenters. The fraction of sp³-hybridized carbons (Fsp3) is 0.385. The van der Waals surface area contributed by atoms with Gasteiger partial charge in [0.15, 0.2) is 5.76 Å². The maximum absolute atomic E-state index is 12.6. The van der Waals surface area contributed by atoms with Gasteiger partial charge >= 0.3 is 5.88 Å². The van der Waals surface area contributed by atoms with E-state index >= 15 is 0 Å². The van der Waals surface area contributed by atoms with Crippen LogP contribution in [0.5, 0.6) is 0 Å². The van der Waals surface area contributed by atoms with E-state index in [2.05, 4.69) is 10.3 Å². The van der Waals surface area contributed by atoms with E-state index < -0.39 is 10.8 Å². The molecule has 1 unspecified atom stereocenters. The van der Waals surface area contributed by atoms with Crippen LogP contribution in [0.2, 0.25) is 0 Å². The Hall–Kier alpha value is -2.68. The van der Waals surface area contributed by atoms with Gasteiger partial charge in [0.2, 0.25) is 0 Å². The van der Waals surface area contributed by atoms with Crippen molar-refractivity contribution in [3.05, 3.63) is 46.2 Å². The molecule has 3 rings (SSSR count). The average Bonchev–Trinajstić information content (AvgIpc) is 3.15. The highest BCUT2D eigenvalue weighted by molar-refractivity contribution is 5.92. The number of aromatic nitrogens is 2. The normalized spacial score (nSPS) is 18.4. The summed E-state index contributed by atoms with van der Waals surface area (Å²) in [6, 6.07) is 2.27. The highest BCUT2D eigenvalue weighted by atomic mass is 16.6. The quantitative estimate of drug-likeness (QED) is 0.661. The van der Waals surface area contributed by atoms with Gasteiger partial charge in [0.25, 0.3) is 5.91 Å². The number of furan rings is 1. The van der Waals surface area contributed by atoms with Crippen LogP contribution >= 0.6 is 0 Å². The molecule has 1 amide bonds. The molecular formula is C13H15N5O4. The van der Waals surface area contributed by atoms with Crippen LogP contribution in [0.1, 0.15) is 22.4 Å². The van der Waals surface area contributed by atoms with E-state index in [-0.39, 0.29) is 17.7 Å². The number of aryl methyl sites for hydroxylation is 1. The van der Waals surface area contributed by atoms with Crippen LogP contribution in [-0.4, -0.2) is 44.9 Å². The predicted molar refractivity (Wildman–Crippen MR) is 75.2 cm³/mol. The van der Waals surface area contributed by atoms with Crippen molar-refractivity contribution in [3.63, 3.8) is 0 Å². The Kier molecular flexibility index (Phi) is 3.63. The summed E-state index contributed by atoms with van der Waals surface area (Å²) in [7, 11) is 1.86. The van der Waals surface area contributed by atoms with E-state index in [0.717, 1.165) is 5.82 Å². The zero-order valence-electron chi connectivity index (χ0n) is 11.9. The number of piperazine rings is 1. The number of nitrogens with zero attached hydrogens (tertiary/aromatic N) is 4. The smallest absolute Gasteiger partial charge is 0.395 e. The van der Waals surface area contributed by atoms with E-state index in [1.54, 1.807) is 11.1 Å². The van der Waals surface area contributed by atoms with Crippen LogP contribution < -0.4 is 5.32 Å². The first-order valence-corrected chi connectivity index (χ1v) is 6.81. The summed E-state index contributed by atoms with van der Waals surface area (Å²) in [5.41, 5.74) is 0. The highest BCUT2D eigenvalue weighted by Crippen LogP contribution is 2.24. The molecule has 9 nitrogen and oxygen atoms in total. The lowest BCUT2D eigenvalue weighted by Gasteiger charge is -2.35. The van der Waals surface area contributed by atoms with E-state index in [0.29, 0.717) is 19.6 Å². The molecule has 1 aliphatic heterocycles. The summed E-state index contributed by atoms with van der Waals surface area (Å²) >= 11 is 0. The van der Waals surface area contributed by atoms with Gasteiger partial charge in [0, 0.05) is 39.1 Å². The second kappa shape index (κ2) is 5.60. The molecule has 2 aromatic rings. The molecule has 0 radical (unpaired) electrons. The van der Waals surface area contributed by atoms with Gasteiger partial charge < -0.3 is 19.2 Å². The Labute approximate surface area is 125 Å². The van der Waals surface area contributed by atoms with Crippen molar-refractivity contribution in [1.29, 1.82) is 0 Å². The first-order valence-electron chi connectivity index (χ1n) is 6.81. The molecule has 0 aromatic carbocycles. The van der Waals surface area contributed by atoms with Gasteiger partial charge in [0.05, 0.1) is 6.07 Å². The molecule has 0 saturated carbocycles. The summed E-state index contributed by atoms with van der Waals surface area (Å²) in [5, 5.41) is 13.9. The molecule has 1 saturated heterocycles. The van der Waals surface area contributed by atoms with Crippen molar-refractivity contribution >= 4 is 11.8 Å². The molecule has 2 aromatic heterocycles. The number of hydrogen-bond acceptors (Lipinski definition) is 6. The van der Waals surface area contributed by atoms with Gasteiger partial charge in [-0.25, -0.2) is 4.98 Å². The highest BCUT2D eigenvalue weighted by Gasteiger charge is 2.33. The Morgan fingerprint density at radius 1 is 1.55 bits per heavy atom. The molecular weight excluding hydrogens is 290 g/mol. The largest absolute Gasteiger partial charge is 0.433 e. The van der Waals surface area contributed by atoms with Crippen molar-refractivity contribution in [2.75, 3.05) is 19.6 Å². The SMILES string of the molecule is Cn1ccnc1C1CNCCN1C(=O)c1ccc([N+](=O)[O-])o1. The van der Waals surface area contributed by atoms with Crippen LogP contribution in [0.4, 0.5) is 5.88 Å². The van der Waals surface area contributed by atoms with Crippen LogP contribution in [0.15, 0.2) is 28.9 Å². The number of nitrogens with one attached hydrogen (secondary N) is 1. The Morgan fingerprint density at radius 3 is 3.00 bits per heavy atom. The van der Waals surface area contributed by atoms with Crippen molar-refractivity contribution in [3.8, 4) is 0 Å². The van der Waals surface area contributed by atoms with Crippen LogP contribution in [-0.2, 0) is 7.05 Å². The average molecular weight is 305 g/mol. The molecule has 22 heavy (non-hydrogen) atoms. The summed E-state index contributed by atoms with van der Waals surface area (Å²) in [5.74, 6) is -0.0935. The van der Waals surface area contributed by atoms with Crippen LogP contribution in [0, 0.1) is 10.1 Å². The number of hydrogen-bond donors (Lipinski definition) is 1. The number of carbonyl (C=O) groups excluding carboxylic acids is 1. The maximum atomic E-state index is 12.6. The zero-order valence-corrected chi connectivity index (χ0v) is 11.9. The lowest BCUT2D eigenvalue weighted by molar-refractivity contribution is -0.402. The molecule has 116 valence electrons. The van der Waals surface area contributed by atoms with Gasteiger partial charge in [-0.1, -0.05) is 0 Å². The molecule has 0 aliphatic carbocycles. The van der Waals surface area contributed by atoms with Gasteiger partial charge in [-0.3, -0.25) is 14.9 Å². The van der Waals surface area contributed by atoms with Gasteiger partial charge in [-0.15, -0.1) is 0 Å². The van der Waals surface area contributed by atoms with E-state index in [4.69, 9.17) is 4.42 Å². The third kappa shape index (κ3) is 2.46. The van der Waals surface area contributed by atoms with Crippen molar-refractivity contribution < 1.29 is 14.1 Å². The molecule has 0 bridgehead atoms. The minimum atomic E-state index is -0.662. The van der Waals surface area contributed by atoms with Gasteiger partial charge in [0.1, 0.15) is 16.8 Å². The standard InChI is InChI=1S/C13H15N5O4/c1-16-6-5-15-12(16)9-8-14-4-7-17(9)13(19)10-2-3-11(22-10)18(20)21/h2-3,5-6,9,14H,4,7-8H2,1H3. The van der Waals surface area contributed by atoms with Crippen LogP contribution in [0.25, 0.3) is 0 Å². The van der Waals surface area contributed by atoms with Crippen LogP contribution in [0.3, 0.4) is 0 Å². The second-order valence-electron chi connectivity index (χ2n) is 5.01. The number of amides is 1. The minimum Gasteiger partial charge on any atom is -0.395 e. The molecule has 1 N–H and O–H groups in total. The Bertz CT molecular complexity index is 707. The van der Waals surface area contributed by atoms with Crippen molar-refractivity contribution in [2.45, 2.75) is 6.04 Å². The Morgan fingerprint density at radius 2 is 2.36 bits per heavy atom. The van der Waals surface area contributed by atoms with Gasteiger partial charge in [-0.2, -0.15) is 0 Å². The zero-order chi connectivity index (χ0) is 15.7. The summed E-state index contributed by atoms with van der Waals surface area (Å²) < 4.78 is 6.87. The summed E-state index contributed by atoms with van der Waals surface area (Å²) in [4.78, 5) is 28.5. The molecule has 3 heterocycles. The fourth-order valence-corrected chi connectivity index (χ4v) is 2.56.